The molecule has 72 valence electrons. The van der Waals surface area contributed by atoms with Gasteiger partial charge in [0.25, 0.3) is 0 Å². The van der Waals surface area contributed by atoms with Crippen molar-refractivity contribution in [2.24, 2.45) is 5.73 Å². The lowest BCUT2D eigenvalue weighted by Crippen LogP contribution is -2.53. The second kappa shape index (κ2) is 5.40. The third-order valence-corrected chi connectivity index (χ3v) is 2.97. The topological polar surface area (TPSA) is 75.3 Å². The van der Waals surface area contributed by atoms with E-state index in [1.54, 1.807) is 14.0 Å². The molecule has 0 aromatic rings. The lowest BCUT2D eigenvalue weighted by atomic mass is 10.1. The third-order valence-electron chi connectivity index (χ3n) is 1.72. The first-order valence-corrected chi connectivity index (χ1v) is 4.89. The molecule has 0 saturated heterocycles. The largest absolute Gasteiger partial charge is 0.396 e. The van der Waals surface area contributed by atoms with Crippen LogP contribution in [0.3, 0.4) is 0 Å². The first kappa shape index (κ1) is 11.7. The van der Waals surface area contributed by atoms with Crippen LogP contribution in [0.15, 0.2) is 0 Å². The number of hydrogen-bond acceptors (Lipinski definition) is 4. The Morgan fingerprint density at radius 3 is 2.67 bits per heavy atom. The molecule has 1 unspecified atom stereocenters. The summed E-state index contributed by atoms with van der Waals surface area (Å²) in [7, 11) is 1.70. The molecule has 12 heavy (non-hydrogen) atoms. The van der Waals surface area contributed by atoms with Gasteiger partial charge in [0.1, 0.15) is 5.54 Å². The highest BCUT2D eigenvalue weighted by atomic mass is 32.2. The number of carbonyl (C=O) groups excluding carboxylic acids is 1. The smallest absolute Gasteiger partial charge is 0.238 e. The van der Waals surface area contributed by atoms with Gasteiger partial charge in [-0.25, -0.2) is 0 Å². The van der Waals surface area contributed by atoms with Crippen molar-refractivity contribution in [2.45, 2.75) is 12.5 Å². The Labute approximate surface area is 76.9 Å². The molecule has 4 N–H and O–H groups in total. The standard InChI is InChI=1S/C7H16N2O2S/c1-7(9-2,6(8)11)5-12-4-3-10/h9-10H,3-5H2,1-2H3,(H2,8,11). The third kappa shape index (κ3) is 3.42. The van der Waals surface area contributed by atoms with Gasteiger partial charge in [0.05, 0.1) is 6.61 Å². The van der Waals surface area contributed by atoms with E-state index < -0.39 is 5.54 Å². The molecule has 1 amide bonds. The summed E-state index contributed by atoms with van der Waals surface area (Å²) >= 11 is 1.50. The van der Waals surface area contributed by atoms with E-state index in [-0.39, 0.29) is 12.5 Å². The molecule has 0 aliphatic carbocycles. The maximum Gasteiger partial charge on any atom is 0.238 e. The van der Waals surface area contributed by atoms with E-state index in [1.165, 1.54) is 11.8 Å². The molecule has 0 radical (unpaired) electrons. The Balaban J connectivity index is 3.88. The maximum atomic E-state index is 10.9. The van der Waals surface area contributed by atoms with Crippen LogP contribution >= 0.6 is 11.8 Å². The van der Waals surface area contributed by atoms with Crippen molar-refractivity contribution in [3.05, 3.63) is 0 Å². The summed E-state index contributed by atoms with van der Waals surface area (Å²) < 4.78 is 0. The van der Waals surface area contributed by atoms with Crippen LogP contribution in [0.25, 0.3) is 0 Å². The lowest BCUT2D eigenvalue weighted by molar-refractivity contribution is -0.122. The number of thioether (sulfide) groups is 1. The molecular formula is C7H16N2O2S. The van der Waals surface area contributed by atoms with E-state index >= 15 is 0 Å². The van der Waals surface area contributed by atoms with E-state index in [2.05, 4.69) is 5.32 Å². The number of carbonyl (C=O) groups is 1. The lowest BCUT2D eigenvalue weighted by Gasteiger charge is -2.24. The maximum absolute atomic E-state index is 10.9. The van der Waals surface area contributed by atoms with Crippen molar-refractivity contribution in [1.29, 1.82) is 0 Å². The Bertz CT molecular complexity index is 154. The first-order valence-electron chi connectivity index (χ1n) is 3.74. The van der Waals surface area contributed by atoms with Crippen molar-refractivity contribution >= 4 is 17.7 Å². The molecule has 0 aromatic heterocycles. The number of aliphatic hydroxyl groups is 1. The summed E-state index contributed by atoms with van der Waals surface area (Å²) in [6.45, 7) is 1.88. The van der Waals surface area contributed by atoms with E-state index in [9.17, 15) is 4.79 Å². The van der Waals surface area contributed by atoms with Crippen LogP contribution in [0.4, 0.5) is 0 Å². The molecule has 0 fully saturated rings. The Morgan fingerprint density at radius 2 is 2.33 bits per heavy atom. The van der Waals surface area contributed by atoms with Crippen molar-refractivity contribution in [3.63, 3.8) is 0 Å². The number of hydrogen-bond donors (Lipinski definition) is 3. The van der Waals surface area contributed by atoms with Crippen LogP contribution in [0.2, 0.25) is 0 Å². The average molecular weight is 192 g/mol. The van der Waals surface area contributed by atoms with Gasteiger partial charge in [-0.3, -0.25) is 4.79 Å². The minimum Gasteiger partial charge on any atom is -0.396 e. The molecule has 4 nitrogen and oxygen atoms in total. The number of aliphatic hydroxyl groups excluding tert-OH is 1. The van der Waals surface area contributed by atoms with Crippen LogP contribution in [-0.4, -0.2) is 41.7 Å². The van der Waals surface area contributed by atoms with Crippen molar-refractivity contribution < 1.29 is 9.90 Å². The van der Waals surface area contributed by atoms with Gasteiger partial charge in [-0.15, -0.1) is 0 Å². The molecular weight excluding hydrogens is 176 g/mol. The fourth-order valence-electron chi connectivity index (χ4n) is 0.607. The summed E-state index contributed by atoms with van der Waals surface area (Å²) in [5, 5.41) is 11.4. The van der Waals surface area contributed by atoms with Gasteiger partial charge in [0, 0.05) is 11.5 Å². The number of amides is 1. The fraction of sp³-hybridized carbons (Fsp3) is 0.857. The molecule has 0 aliphatic rings. The molecule has 0 bridgehead atoms. The second-order valence-corrected chi connectivity index (χ2v) is 3.83. The monoisotopic (exact) mass is 192 g/mol. The van der Waals surface area contributed by atoms with Crippen LogP contribution in [-0.2, 0) is 4.79 Å². The van der Waals surface area contributed by atoms with Crippen molar-refractivity contribution in [1.82, 2.24) is 5.32 Å². The molecule has 5 heteroatoms. The number of primary amides is 1. The zero-order valence-corrected chi connectivity index (χ0v) is 8.28. The van der Waals surface area contributed by atoms with Crippen LogP contribution < -0.4 is 11.1 Å². The van der Waals surface area contributed by atoms with E-state index in [0.29, 0.717) is 11.5 Å². The molecule has 1 atom stereocenters. The Morgan fingerprint density at radius 1 is 1.75 bits per heavy atom. The highest BCUT2D eigenvalue weighted by Gasteiger charge is 2.28. The van der Waals surface area contributed by atoms with Crippen LogP contribution in [0, 0.1) is 0 Å². The fourth-order valence-corrected chi connectivity index (χ4v) is 1.58. The van der Waals surface area contributed by atoms with Gasteiger partial charge in [0.15, 0.2) is 0 Å². The quantitative estimate of drug-likeness (QED) is 0.480. The summed E-state index contributed by atoms with van der Waals surface area (Å²) in [6, 6.07) is 0. The van der Waals surface area contributed by atoms with Crippen LogP contribution in [0.5, 0.6) is 0 Å². The molecule has 0 aromatic carbocycles. The molecule has 0 heterocycles. The van der Waals surface area contributed by atoms with Gasteiger partial charge < -0.3 is 16.2 Å². The number of nitrogens with one attached hydrogen (secondary N) is 1. The normalized spacial score (nSPS) is 15.6. The number of rotatable bonds is 6. The Hall–Kier alpha value is -0.260. The minimum atomic E-state index is -0.667. The number of nitrogens with two attached hydrogens (primary N) is 1. The van der Waals surface area contributed by atoms with Crippen molar-refractivity contribution in [2.75, 3.05) is 25.2 Å². The second-order valence-electron chi connectivity index (χ2n) is 2.72. The van der Waals surface area contributed by atoms with E-state index in [4.69, 9.17) is 10.8 Å². The highest BCUT2D eigenvalue weighted by Crippen LogP contribution is 2.11. The van der Waals surface area contributed by atoms with E-state index in [1.807, 2.05) is 0 Å². The molecule has 0 spiro atoms. The summed E-state index contributed by atoms with van der Waals surface area (Å²) in [6.07, 6.45) is 0. The van der Waals surface area contributed by atoms with E-state index in [0.717, 1.165) is 0 Å². The SMILES string of the molecule is CNC(C)(CSCCO)C(N)=O. The highest BCUT2D eigenvalue weighted by molar-refractivity contribution is 7.99. The van der Waals surface area contributed by atoms with Crippen molar-refractivity contribution in [3.8, 4) is 0 Å². The zero-order chi connectivity index (χ0) is 9.61. The summed E-state index contributed by atoms with van der Waals surface area (Å²) in [5.74, 6) is 0.847. The summed E-state index contributed by atoms with van der Waals surface area (Å²) in [4.78, 5) is 10.9. The number of likely N-dealkylation sites (N-methyl/N-ethyl adjacent to an activating group) is 1. The minimum absolute atomic E-state index is 0.128. The predicted octanol–water partition coefficient (Wildman–Crippen LogP) is -0.825. The first-order chi connectivity index (χ1) is 5.56. The molecule has 0 rings (SSSR count). The Kier molecular flexibility index (Phi) is 5.28. The van der Waals surface area contributed by atoms with Gasteiger partial charge in [-0.1, -0.05) is 0 Å². The van der Waals surface area contributed by atoms with Crippen LogP contribution in [0.1, 0.15) is 6.92 Å². The zero-order valence-electron chi connectivity index (χ0n) is 7.46. The van der Waals surface area contributed by atoms with Gasteiger partial charge in [0.2, 0.25) is 5.91 Å². The van der Waals surface area contributed by atoms with Gasteiger partial charge >= 0.3 is 0 Å². The predicted molar refractivity (Wildman–Crippen MR) is 51.1 cm³/mol. The summed E-state index contributed by atoms with van der Waals surface area (Å²) in [5.41, 5.74) is 4.52. The average Bonchev–Trinajstić information content (AvgIpc) is 2.04. The molecule has 0 saturated carbocycles. The van der Waals surface area contributed by atoms with Gasteiger partial charge in [-0.2, -0.15) is 11.8 Å². The van der Waals surface area contributed by atoms with Gasteiger partial charge in [-0.05, 0) is 14.0 Å². The molecule has 0 aliphatic heterocycles.